The van der Waals surface area contributed by atoms with Crippen molar-refractivity contribution in [2.75, 3.05) is 11.9 Å². The molecule has 7 nitrogen and oxygen atoms in total. The lowest BCUT2D eigenvalue weighted by Gasteiger charge is -2.11. The summed E-state index contributed by atoms with van der Waals surface area (Å²) in [6.45, 7) is 1.91. The Balaban J connectivity index is 2.20. The maximum absolute atomic E-state index is 12.0. The highest BCUT2D eigenvalue weighted by molar-refractivity contribution is 9.10. The number of carbonyl (C=O) groups excluding carboxylic acids is 2. The minimum Gasteiger partial charge on any atom is -0.355 e. The Hall–Kier alpha value is -1.96. The fourth-order valence-corrected chi connectivity index (χ4v) is 2.54. The number of nitro benzene ring substituents is 1. The third-order valence-electron chi connectivity index (χ3n) is 3.09. The predicted molar refractivity (Wildman–Crippen MR) is 75.3 cm³/mol. The van der Waals surface area contributed by atoms with Gasteiger partial charge in [-0.05, 0) is 28.9 Å². The van der Waals surface area contributed by atoms with Gasteiger partial charge in [-0.3, -0.25) is 19.7 Å². The van der Waals surface area contributed by atoms with Crippen LogP contribution in [0.2, 0.25) is 0 Å². The molecule has 8 heteroatoms. The summed E-state index contributed by atoms with van der Waals surface area (Å²) in [5.74, 6) is -0.948. The van der Waals surface area contributed by atoms with E-state index in [0.717, 1.165) is 0 Å². The van der Waals surface area contributed by atoms with E-state index >= 15 is 0 Å². The molecule has 1 fully saturated rings. The van der Waals surface area contributed by atoms with Crippen molar-refractivity contribution in [3.8, 4) is 0 Å². The third kappa shape index (κ3) is 2.96. The van der Waals surface area contributed by atoms with Gasteiger partial charge in [0, 0.05) is 29.1 Å². The van der Waals surface area contributed by atoms with Crippen molar-refractivity contribution in [2.24, 2.45) is 5.92 Å². The Morgan fingerprint density at radius 1 is 1.55 bits per heavy atom. The van der Waals surface area contributed by atoms with Crippen LogP contribution in [0, 0.1) is 23.0 Å². The van der Waals surface area contributed by atoms with Gasteiger partial charge in [0.25, 0.3) is 5.69 Å². The van der Waals surface area contributed by atoms with Crippen LogP contribution in [0.25, 0.3) is 0 Å². The van der Waals surface area contributed by atoms with Crippen LogP contribution in [0.15, 0.2) is 16.6 Å². The Bertz CT molecular complexity index is 603. The number of carbonyl (C=O) groups is 2. The molecule has 1 aromatic rings. The molecule has 0 bridgehead atoms. The second-order valence-electron chi connectivity index (χ2n) is 4.57. The van der Waals surface area contributed by atoms with Gasteiger partial charge in [-0.15, -0.1) is 0 Å². The van der Waals surface area contributed by atoms with Crippen molar-refractivity contribution >= 4 is 39.1 Å². The smallest absolute Gasteiger partial charge is 0.274 e. The fraction of sp³-hybridized carbons (Fsp3) is 0.333. The van der Waals surface area contributed by atoms with Crippen LogP contribution in [0.1, 0.15) is 12.0 Å². The molecule has 106 valence electrons. The molecule has 0 aromatic heterocycles. The van der Waals surface area contributed by atoms with Crippen molar-refractivity contribution in [3.05, 3.63) is 32.3 Å². The number of aryl methyl sites for hydroxylation is 1. The minimum atomic E-state index is -0.502. The Kier molecular flexibility index (Phi) is 4.03. The molecule has 1 aliphatic heterocycles. The van der Waals surface area contributed by atoms with Gasteiger partial charge < -0.3 is 10.6 Å². The summed E-state index contributed by atoms with van der Waals surface area (Å²) in [4.78, 5) is 33.5. The largest absolute Gasteiger partial charge is 0.355 e. The van der Waals surface area contributed by atoms with Crippen LogP contribution in [0.5, 0.6) is 0 Å². The van der Waals surface area contributed by atoms with Gasteiger partial charge in [-0.2, -0.15) is 0 Å². The molecule has 1 aliphatic rings. The summed E-state index contributed by atoms with van der Waals surface area (Å²) in [5, 5.41) is 16.1. The molecule has 20 heavy (non-hydrogen) atoms. The molecule has 1 saturated heterocycles. The first kappa shape index (κ1) is 14.4. The van der Waals surface area contributed by atoms with Gasteiger partial charge in [0.05, 0.1) is 16.5 Å². The molecule has 1 heterocycles. The van der Waals surface area contributed by atoms with E-state index in [9.17, 15) is 19.7 Å². The first-order chi connectivity index (χ1) is 9.38. The van der Waals surface area contributed by atoms with Crippen LogP contribution < -0.4 is 10.6 Å². The summed E-state index contributed by atoms with van der Waals surface area (Å²) in [6.07, 6.45) is 0.136. The minimum absolute atomic E-state index is 0.0656. The highest BCUT2D eigenvalue weighted by Crippen LogP contribution is 2.31. The molecule has 2 amide bonds. The SMILES string of the molecule is Cc1cc(Br)c(NC(=O)C2CNC(=O)C2)cc1[N+](=O)[O-]. The molecule has 0 saturated carbocycles. The lowest BCUT2D eigenvalue weighted by Crippen LogP contribution is -2.24. The van der Waals surface area contributed by atoms with E-state index in [2.05, 4.69) is 26.6 Å². The van der Waals surface area contributed by atoms with Gasteiger partial charge in [0.15, 0.2) is 0 Å². The molecular formula is C12H12BrN3O4. The van der Waals surface area contributed by atoms with Gasteiger partial charge in [0.1, 0.15) is 0 Å². The third-order valence-corrected chi connectivity index (χ3v) is 3.74. The summed E-state index contributed by atoms with van der Waals surface area (Å²) in [5.41, 5.74) is 0.758. The summed E-state index contributed by atoms with van der Waals surface area (Å²) < 4.78 is 0.561. The second-order valence-corrected chi connectivity index (χ2v) is 5.42. The van der Waals surface area contributed by atoms with Crippen molar-refractivity contribution in [1.29, 1.82) is 0 Å². The predicted octanol–water partition coefficient (Wildman–Crippen LogP) is 1.74. The first-order valence-corrected chi connectivity index (χ1v) is 6.70. The molecule has 0 radical (unpaired) electrons. The summed E-state index contributed by atoms with van der Waals surface area (Å²) in [6, 6.07) is 2.88. The molecular weight excluding hydrogens is 330 g/mol. The standard InChI is InChI=1S/C12H12BrN3O4/c1-6-2-8(13)9(4-10(6)16(19)20)15-12(18)7-3-11(17)14-5-7/h2,4,7H,3,5H2,1H3,(H,14,17)(H,15,18). The van der Waals surface area contributed by atoms with E-state index in [0.29, 0.717) is 15.7 Å². The first-order valence-electron chi connectivity index (χ1n) is 5.90. The summed E-state index contributed by atoms with van der Waals surface area (Å²) in [7, 11) is 0. The van der Waals surface area contributed by atoms with Gasteiger partial charge in [0.2, 0.25) is 11.8 Å². The number of nitro groups is 1. The zero-order valence-electron chi connectivity index (χ0n) is 10.6. The molecule has 0 aliphatic carbocycles. The number of nitrogens with one attached hydrogen (secondary N) is 2. The van der Waals surface area contributed by atoms with Gasteiger partial charge >= 0.3 is 0 Å². The normalized spacial score (nSPS) is 17.7. The van der Waals surface area contributed by atoms with Crippen molar-refractivity contribution in [3.63, 3.8) is 0 Å². The van der Waals surface area contributed by atoms with Crippen LogP contribution in [0.4, 0.5) is 11.4 Å². The number of anilines is 1. The Morgan fingerprint density at radius 2 is 2.25 bits per heavy atom. The topological polar surface area (TPSA) is 101 Å². The van der Waals surface area contributed by atoms with Crippen molar-refractivity contribution in [2.45, 2.75) is 13.3 Å². The number of amides is 2. The Labute approximate surface area is 123 Å². The van der Waals surface area contributed by atoms with Crippen molar-refractivity contribution in [1.82, 2.24) is 5.32 Å². The average Bonchev–Trinajstić information content (AvgIpc) is 2.79. The highest BCUT2D eigenvalue weighted by Gasteiger charge is 2.28. The zero-order chi connectivity index (χ0) is 14.9. The molecule has 0 spiro atoms. The number of halogens is 1. The lowest BCUT2D eigenvalue weighted by molar-refractivity contribution is -0.385. The molecule has 1 unspecified atom stereocenters. The lowest BCUT2D eigenvalue weighted by atomic mass is 10.1. The summed E-state index contributed by atoms with van der Waals surface area (Å²) >= 11 is 3.26. The quantitative estimate of drug-likeness (QED) is 0.645. The number of hydrogen-bond acceptors (Lipinski definition) is 4. The van der Waals surface area contributed by atoms with E-state index in [4.69, 9.17) is 0 Å². The zero-order valence-corrected chi connectivity index (χ0v) is 12.2. The van der Waals surface area contributed by atoms with Crippen LogP contribution >= 0.6 is 15.9 Å². The van der Waals surface area contributed by atoms with Gasteiger partial charge in [-0.1, -0.05) is 0 Å². The van der Waals surface area contributed by atoms with Crippen LogP contribution in [-0.4, -0.2) is 23.3 Å². The van der Waals surface area contributed by atoms with Crippen LogP contribution in [-0.2, 0) is 9.59 Å². The van der Waals surface area contributed by atoms with Crippen molar-refractivity contribution < 1.29 is 14.5 Å². The number of benzene rings is 1. The van der Waals surface area contributed by atoms with E-state index in [1.807, 2.05) is 0 Å². The van der Waals surface area contributed by atoms with E-state index < -0.39 is 10.8 Å². The number of rotatable bonds is 3. The average molecular weight is 342 g/mol. The maximum atomic E-state index is 12.0. The molecule has 2 N–H and O–H groups in total. The van der Waals surface area contributed by atoms with E-state index in [-0.39, 0.29) is 30.5 Å². The highest BCUT2D eigenvalue weighted by atomic mass is 79.9. The number of hydrogen-bond donors (Lipinski definition) is 2. The Morgan fingerprint density at radius 3 is 2.80 bits per heavy atom. The maximum Gasteiger partial charge on any atom is 0.274 e. The monoisotopic (exact) mass is 341 g/mol. The van der Waals surface area contributed by atoms with E-state index in [1.54, 1.807) is 13.0 Å². The molecule has 1 atom stereocenters. The molecule has 1 aromatic carbocycles. The van der Waals surface area contributed by atoms with Gasteiger partial charge in [-0.25, -0.2) is 0 Å². The van der Waals surface area contributed by atoms with Crippen LogP contribution in [0.3, 0.4) is 0 Å². The number of nitrogens with zero attached hydrogens (tertiary/aromatic N) is 1. The second kappa shape index (κ2) is 5.58. The fourth-order valence-electron chi connectivity index (χ4n) is 1.98. The van der Waals surface area contributed by atoms with E-state index in [1.165, 1.54) is 6.07 Å². The molecule has 2 rings (SSSR count).